The molecule has 0 spiro atoms. The molecule has 50 heavy (non-hydrogen) atoms. The Kier molecular flexibility index (Phi) is 21.5. The molecular formula is C36H63N3O11. The molecule has 0 bridgehead atoms. The number of methoxy groups -OCH3 is 2. The Hall–Kier alpha value is -3.23. The number of alkyl carbamates (subject to hydrolysis) is 1. The molecule has 2 amide bonds. The zero-order valence-corrected chi connectivity index (χ0v) is 31.4. The number of allylic oxidation sites excluding steroid dienone is 1. The quantitative estimate of drug-likeness (QED) is 0.0913. The van der Waals surface area contributed by atoms with Gasteiger partial charge in [-0.3, -0.25) is 14.9 Å². The standard InChI is InChI=1S/C12H18O4.C10H18O3.C7H13N3O3.C7H14O/c1-8-5-6-10(12(13)14)16-11(8)9-4-2-3-7-15-9;1-8(12-2)13-10(11)9-6-4-3-5-7-9;1-7(2,3)13-6(12)10-5(8)9-4-11;1-6-3-4-7(6)5-8-2/h6,8-9,11H,2-5,7H2,1H3,(H,13,14);8-9H,3-7H2,1-2H3;4H,1-3H3,(H3,8,9,10,11,12);6-7H,3-5H2,1-2H3/t8-,9?,11?;;;/m1.../s1. The molecular weight excluding hydrogens is 650 g/mol. The van der Waals surface area contributed by atoms with Gasteiger partial charge in [0.25, 0.3) is 0 Å². The van der Waals surface area contributed by atoms with Crippen molar-refractivity contribution in [3.05, 3.63) is 11.8 Å². The summed E-state index contributed by atoms with van der Waals surface area (Å²) in [5.41, 5.74) is 4.51. The monoisotopic (exact) mass is 713 g/mol. The van der Waals surface area contributed by atoms with Crippen LogP contribution in [-0.2, 0) is 42.8 Å². The van der Waals surface area contributed by atoms with Gasteiger partial charge in [0.2, 0.25) is 18.1 Å². The van der Waals surface area contributed by atoms with Gasteiger partial charge in [-0.1, -0.05) is 39.5 Å². The van der Waals surface area contributed by atoms with E-state index in [-0.39, 0.29) is 42.2 Å². The minimum absolute atomic E-state index is 0.0619. The lowest BCUT2D eigenvalue weighted by atomic mass is 9.76. The van der Waals surface area contributed by atoms with Crippen molar-refractivity contribution in [2.45, 2.75) is 136 Å². The van der Waals surface area contributed by atoms with Crippen molar-refractivity contribution in [3.63, 3.8) is 0 Å². The van der Waals surface area contributed by atoms with Crippen molar-refractivity contribution in [2.24, 2.45) is 34.4 Å². The molecule has 1 saturated heterocycles. The van der Waals surface area contributed by atoms with Crippen molar-refractivity contribution in [1.82, 2.24) is 5.32 Å². The summed E-state index contributed by atoms with van der Waals surface area (Å²) in [6.45, 7) is 13.0. The lowest BCUT2D eigenvalue weighted by Gasteiger charge is -2.36. The average molecular weight is 714 g/mol. The number of carboxylic acids is 1. The van der Waals surface area contributed by atoms with Crippen LogP contribution in [-0.4, -0.2) is 87.0 Å². The largest absolute Gasteiger partial charge is 0.480 e. The maximum Gasteiger partial charge on any atom is 0.414 e. The molecule has 4 rings (SSSR count). The number of hydrogen-bond acceptors (Lipinski definition) is 10. The van der Waals surface area contributed by atoms with Gasteiger partial charge in [-0.05, 0) is 96.5 Å². The Morgan fingerprint density at radius 3 is 2.16 bits per heavy atom. The highest BCUT2D eigenvalue weighted by Crippen LogP contribution is 2.33. The number of esters is 1. The number of nitrogens with one attached hydrogen (secondary N) is 1. The van der Waals surface area contributed by atoms with Gasteiger partial charge in [-0.2, -0.15) is 4.99 Å². The van der Waals surface area contributed by atoms with Crippen LogP contribution in [0.4, 0.5) is 4.79 Å². The third-order valence-electron chi connectivity index (χ3n) is 8.84. The number of aliphatic carboxylic acids is 1. The molecule has 0 aromatic heterocycles. The second kappa shape index (κ2) is 24.0. The molecule has 2 aliphatic carbocycles. The molecule has 288 valence electrons. The number of amides is 2. The van der Waals surface area contributed by atoms with Gasteiger partial charge in [-0.15, -0.1) is 0 Å². The summed E-state index contributed by atoms with van der Waals surface area (Å²) in [4.78, 5) is 46.2. The Morgan fingerprint density at radius 1 is 1.04 bits per heavy atom. The van der Waals surface area contributed by atoms with Crippen LogP contribution in [0, 0.1) is 23.7 Å². The van der Waals surface area contributed by atoms with Crippen molar-refractivity contribution >= 4 is 30.4 Å². The number of aliphatic imine (C=N–C) groups is 1. The lowest BCUT2D eigenvalue weighted by molar-refractivity contribution is -0.175. The van der Waals surface area contributed by atoms with E-state index < -0.39 is 24.0 Å². The molecule has 3 fully saturated rings. The molecule has 0 aromatic carbocycles. The van der Waals surface area contributed by atoms with Gasteiger partial charge in [0.1, 0.15) is 11.7 Å². The fraction of sp³-hybridized carbons (Fsp3) is 0.806. The number of hydrogen-bond donors (Lipinski definition) is 3. The van der Waals surface area contributed by atoms with Gasteiger partial charge in [0, 0.05) is 27.4 Å². The molecule has 14 nitrogen and oxygen atoms in total. The smallest absolute Gasteiger partial charge is 0.414 e. The van der Waals surface area contributed by atoms with Gasteiger partial charge in [0.15, 0.2) is 6.29 Å². The number of nitrogens with zero attached hydrogens (tertiary/aromatic N) is 1. The van der Waals surface area contributed by atoms with E-state index in [0.717, 1.165) is 76.4 Å². The van der Waals surface area contributed by atoms with E-state index in [0.29, 0.717) is 5.92 Å². The summed E-state index contributed by atoms with van der Waals surface area (Å²) in [5, 5.41) is 11.0. The summed E-state index contributed by atoms with van der Waals surface area (Å²) in [7, 11) is 3.32. The van der Waals surface area contributed by atoms with E-state index in [2.05, 4.69) is 24.2 Å². The Morgan fingerprint density at radius 2 is 1.70 bits per heavy atom. The Labute approximate surface area is 298 Å². The van der Waals surface area contributed by atoms with Crippen molar-refractivity contribution in [2.75, 3.05) is 27.4 Å². The minimum atomic E-state index is -0.979. The van der Waals surface area contributed by atoms with E-state index in [1.165, 1.54) is 19.3 Å². The highest BCUT2D eigenvalue weighted by molar-refractivity contribution is 5.95. The second-order valence-electron chi connectivity index (χ2n) is 14.2. The maximum absolute atomic E-state index is 11.5. The van der Waals surface area contributed by atoms with Gasteiger partial charge in [0.05, 0.1) is 12.0 Å². The summed E-state index contributed by atoms with van der Waals surface area (Å²) in [6, 6.07) is 0. The molecule has 6 atom stereocenters. The van der Waals surface area contributed by atoms with Gasteiger partial charge >= 0.3 is 18.0 Å². The van der Waals surface area contributed by atoms with Crippen LogP contribution in [0.5, 0.6) is 0 Å². The number of carbonyl (C=O) groups is 4. The van der Waals surface area contributed by atoms with Crippen molar-refractivity contribution in [3.8, 4) is 0 Å². The molecule has 2 saturated carbocycles. The lowest BCUT2D eigenvalue weighted by Crippen LogP contribution is -2.41. The predicted molar refractivity (Wildman–Crippen MR) is 188 cm³/mol. The van der Waals surface area contributed by atoms with E-state index in [1.807, 2.05) is 0 Å². The van der Waals surface area contributed by atoms with Crippen LogP contribution in [0.3, 0.4) is 0 Å². The van der Waals surface area contributed by atoms with Crippen LogP contribution in [0.25, 0.3) is 0 Å². The third-order valence-corrected chi connectivity index (χ3v) is 8.84. The third kappa shape index (κ3) is 18.7. The first kappa shape index (κ1) is 44.8. The zero-order valence-electron chi connectivity index (χ0n) is 31.4. The number of rotatable bonds is 8. The number of carbonyl (C=O) groups excluding carboxylic acids is 3. The van der Waals surface area contributed by atoms with Crippen LogP contribution in [0.1, 0.15) is 112 Å². The highest BCUT2D eigenvalue weighted by atomic mass is 16.7. The average Bonchev–Trinajstić information content (AvgIpc) is 3.07. The molecule has 5 unspecified atom stereocenters. The van der Waals surface area contributed by atoms with Crippen molar-refractivity contribution in [1.29, 1.82) is 0 Å². The summed E-state index contributed by atoms with van der Waals surface area (Å²) >= 11 is 0. The topological polar surface area (TPSA) is 194 Å². The van der Waals surface area contributed by atoms with E-state index in [4.69, 9.17) is 39.3 Å². The van der Waals surface area contributed by atoms with E-state index in [1.54, 1.807) is 48.0 Å². The SMILES string of the molecule is CC(C)(C)OC(=O)NC(N)=NC=O.COC(C)OC(=O)C1CCCCC1.COCC1CCC1C.C[C@@H]1CC=C(C(=O)O)OC1C1CCCCO1. The molecule has 2 heterocycles. The minimum Gasteiger partial charge on any atom is -0.480 e. The molecule has 0 aromatic rings. The Balaban J connectivity index is 0.000000342. The highest BCUT2D eigenvalue weighted by Gasteiger charge is 2.35. The Bertz CT molecular complexity index is 1080. The van der Waals surface area contributed by atoms with Crippen LogP contribution >= 0.6 is 0 Å². The fourth-order valence-electron chi connectivity index (χ4n) is 5.68. The molecule has 4 aliphatic rings. The zero-order chi connectivity index (χ0) is 37.7. The fourth-order valence-corrected chi connectivity index (χ4v) is 5.68. The second-order valence-corrected chi connectivity index (χ2v) is 14.2. The van der Waals surface area contributed by atoms with Gasteiger partial charge in [-0.25, -0.2) is 9.59 Å². The van der Waals surface area contributed by atoms with Crippen LogP contribution in [0.2, 0.25) is 0 Å². The van der Waals surface area contributed by atoms with Crippen LogP contribution in [0.15, 0.2) is 16.8 Å². The first-order chi connectivity index (χ1) is 23.6. The molecule has 2 aliphatic heterocycles. The summed E-state index contributed by atoms with van der Waals surface area (Å²) in [6.07, 6.45) is 13.0. The first-order valence-corrected chi connectivity index (χ1v) is 17.8. The van der Waals surface area contributed by atoms with Gasteiger partial charge < -0.3 is 39.3 Å². The number of carboxylic acid groups (broad SMARTS) is 1. The van der Waals surface area contributed by atoms with Crippen LogP contribution < -0.4 is 11.1 Å². The maximum atomic E-state index is 11.5. The molecule has 14 heteroatoms. The number of nitrogens with two attached hydrogens (primary N) is 1. The predicted octanol–water partition coefficient (Wildman–Crippen LogP) is 5.71. The van der Waals surface area contributed by atoms with E-state index >= 15 is 0 Å². The number of guanidine groups is 1. The van der Waals surface area contributed by atoms with Crippen molar-refractivity contribution < 1.29 is 52.7 Å². The number of ether oxygens (including phenoxy) is 6. The first-order valence-electron chi connectivity index (χ1n) is 17.8. The molecule has 0 radical (unpaired) electrons. The summed E-state index contributed by atoms with van der Waals surface area (Å²) < 4.78 is 31.0. The summed E-state index contributed by atoms with van der Waals surface area (Å²) in [5.74, 6) is 0.968. The molecule has 4 N–H and O–H groups in total. The van der Waals surface area contributed by atoms with E-state index in [9.17, 15) is 19.2 Å². The normalized spacial score (nSPS) is 25.7.